The van der Waals surface area contributed by atoms with E-state index in [1.807, 2.05) is 29.2 Å². The number of anilines is 2. The van der Waals surface area contributed by atoms with Crippen LogP contribution in [0.25, 0.3) is 6.08 Å². The summed E-state index contributed by atoms with van der Waals surface area (Å²) in [6.07, 6.45) is 3.08. The zero-order chi connectivity index (χ0) is 24.8. The van der Waals surface area contributed by atoms with Crippen LogP contribution < -0.4 is 15.0 Å². The van der Waals surface area contributed by atoms with Crippen molar-refractivity contribution < 1.29 is 14.3 Å². The Morgan fingerprint density at radius 1 is 0.914 bits per heavy atom. The fourth-order valence-corrected chi connectivity index (χ4v) is 4.30. The van der Waals surface area contributed by atoms with E-state index in [2.05, 4.69) is 10.2 Å². The first-order valence-electron chi connectivity index (χ1n) is 11.2. The molecule has 2 amide bonds. The van der Waals surface area contributed by atoms with Crippen molar-refractivity contribution in [2.45, 2.75) is 0 Å². The van der Waals surface area contributed by atoms with Crippen molar-refractivity contribution >= 4 is 52.5 Å². The van der Waals surface area contributed by atoms with Gasteiger partial charge in [-0.25, -0.2) is 0 Å². The normalized spacial score (nSPS) is 13.7. The number of rotatable bonds is 6. The second-order valence-corrected chi connectivity index (χ2v) is 8.89. The molecular weight excluding hydrogens is 485 g/mol. The van der Waals surface area contributed by atoms with Crippen molar-refractivity contribution in [1.82, 2.24) is 4.90 Å². The van der Waals surface area contributed by atoms with Gasteiger partial charge in [0, 0.05) is 59.2 Å². The summed E-state index contributed by atoms with van der Waals surface area (Å²) in [7, 11) is 1.60. The second-order valence-electron chi connectivity index (χ2n) is 8.04. The number of nitrogens with zero attached hydrogens (tertiary/aromatic N) is 2. The third kappa shape index (κ3) is 6.35. The summed E-state index contributed by atoms with van der Waals surface area (Å²) in [5.74, 6) is 0.501. The largest absolute Gasteiger partial charge is 0.497 e. The molecule has 0 saturated carbocycles. The lowest BCUT2D eigenvalue weighted by Gasteiger charge is -2.36. The van der Waals surface area contributed by atoms with E-state index in [4.69, 9.17) is 27.9 Å². The monoisotopic (exact) mass is 509 g/mol. The summed E-state index contributed by atoms with van der Waals surface area (Å²) in [5, 5.41) is 3.87. The SMILES string of the molecule is COc1ccc(C(=O)N2CCN(c3ccc(NC(=O)/C=C/c4ccc(Cl)cc4Cl)cc3)CC2)cc1. The molecule has 0 radical (unpaired) electrons. The molecule has 0 unspecified atom stereocenters. The van der Waals surface area contributed by atoms with Crippen LogP contribution in [-0.4, -0.2) is 50.0 Å². The van der Waals surface area contributed by atoms with Gasteiger partial charge in [-0.2, -0.15) is 0 Å². The molecule has 4 rings (SSSR count). The number of piperazine rings is 1. The third-order valence-corrected chi connectivity index (χ3v) is 6.34. The molecule has 35 heavy (non-hydrogen) atoms. The molecule has 1 N–H and O–H groups in total. The number of nitrogens with one attached hydrogen (secondary N) is 1. The Kier molecular flexibility index (Phi) is 7.95. The Morgan fingerprint density at radius 2 is 1.60 bits per heavy atom. The lowest BCUT2D eigenvalue weighted by atomic mass is 10.1. The molecule has 0 aliphatic carbocycles. The van der Waals surface area contributed by atoms with E-state index in [0.29, 0.717) is 39.9 Å². The van der Waals surface area contributed by atoms with Gasteiger partial charge in [-0.1, -0.05) is 29.3 Å². The second kappa shape index (κ2) is 11.3. The molecule has 8 heteroatoms. The van der Waals surface area contributed by atoms with Crippen LogP contribution in [-0.2, 0) is 4.79 Å². The predicted molar refractivity (Wildman–Crippen MR) is 142 cm³/mol. The minimum atomic E-state index is -0.255. The van der Waals surface area contributed by atoms with E-state index in [0.717, 1.165) is 24.5 Å². The molecule has 1 fully saturated rings. The van der Waals surface area contributed by atoms with Crippen LogP contribution in [0.5, 0.6) is 5.75 Å². The van der Waals surface area contributed by atoms with Gasteiger partial charge < -0.3 is 19.9 Å². The fraction of sp³-hybridized carbons (Fsp3) is 0.185. The van der Waals surface area contributed by atoms with E-state index in [-0.39, 0.29) is 11.8 Å². The number of halogens is 2. The smallest absolute Gasteiger partial charge is 0.253 e. The molecular formula is C27H25Cl2N3O3. The summed E-state index contributed by atoms with van der Waals surface area (Å²) in [6, 6.07) is 20.0. The topological polar surface area (TPSA) is 61.9 Å². The van der Waals surface area contributed by atoms with Gasteiger partial charge >= 0.3 is 0 Å². The number of amides is 2. The summed E-state index contributed by atoms with van der Waals surface area (Å²) >= 11 is 12.0. The summed E-state index contributed by atoms with van der Waals surface area (Å²) in [6.45, 7) is 2.75. The maximum Gasteiger partial charge on any atom is 0.253 e. The lowest BCUT2D eigenvalue weighted by molar-refractivity contribution is -0.111. The quantitative estimate of drug-likeness (QED) is 0.438. The van der Waals surface area contributed by atoms with Gasteiger partial charge in [0.25, 0.3) is 5.91 Å². The number of methoxy groups -OCH3 is 1. The fourth-order valence-electron chi connectivity index (χ4n) is 3.83. The highest BCUT2D eigenvalue weighted by Crippen LogP contribution is 2.23. The van der Waals surface area contributed by atoms with Crippen LogP contribution in [0.1, 0.15) is 15.9 Å². The third-order valence-electron chi connectivity index (χ3n) is 5.78. The molecule has 3 aromatic carbocycles. The van der Waals surface area contributed by atoms with Gasteiger partial charge in [0.2, 0.25) is 5.91 Å². The van der Waals surface area contributed by atoms with Crippen molar-refractivity contribution in [2.75, 3.05) is 43.5 Å². The highest BCUT2D eigenvalue weighted by Gasteiger charge is 2.22. The standard InChI is InChI=1S/C27H25Cl2N3O3/c1-35-24-11-3-20(4-12-24)27(34)32-16-14-31(15-17-32)23-9-7-22(8-10-23)30-26(33)13-5-19-2-6-21(28)18-25(19)29/h2-13,18H,14-17H2,1H3,(H,30,33)/b13-5+. The molecule has 180 valence electrons. The van der Waals surface area contributed by atoms with Gasteiger partial charge in [0.05, 0.1) is 7.11 Å². The lowest BCUT2D eigenvalue weighted by Crippen LogP contribution is -2.48. The van der Waals surface area contributed by atoms with E-state index in [1.54, 1.807) is 55.7 Å². The number of hydrogen-bond donors (Lipinski definition) is 1. The van der Waals surface area contributed by atoms with Gasteiger partial charge in [-0.3, -0.25) is 9.59 Å². The van der Waals surface area contributed by atoms with Gasteiger partial charge in [-0.15, -0.1) is 0 Å². The molecule has 0 spiro atoms. The van der Waals surface area contributed by atoms with E-state index < -0.39 is 0 Å². The van der Waals surface area contributed by atoms with Crippen LogP contribution in [0.3, 0.4) is 0 Å². The molecule has 6 nitrogen and oxygen atoms in total. The Morgan fingerprint density at radius 3 is 2.23 bits per heavy atom. The Balaban J connectivity index is 1.29. The molecule has 0 atom stereocenters. The molecule has 1 aliphatic heterocycles. The average molecular weight is 510 g/mol. The van der Waals surface area contributed by atoms with Gasteiger partial charge in [0.15, 0.2) is 0 Å². The van der Waals surface area contributed by atoms with Crippen molar-refractivity contribution in [1.29, 1.82) is 0 Å². The highest BCUT2D eigenvalue weighted by atomic mass is 35.5. The number of carbonyl (C=O) groups is 2. The van der Waals surface area contributed by atoms with E-state index >= 15 is 0 Å². The zero-order valence-corrected chi connectivity index (χ0v) is 20.7. The van der Waals surface area contributed by atoms with Crippen LogP contribution in [0.15, 0.2) is 72.8 Å². The van der Waals surface area contributed by atoms with Gasteiger partial charge in [-0.05, 0) is 72.3 Å². The molecule has 1 heterocycles. The molecule has 0 bridgehead atoms. The Labute approximate surface area is 214 Å². The van der Waals surface area contributed by atoms with E-state index in [1.165, 1.54) is 6.08 Å². The number of ether oxygens (including phenoxy) is 1. The van der Waals surface area contributed by atoms with E-state index in [9.17, 15) is 9.59 Å². The van der Waals surface area contributed by atoms with Crippen molar-refractivity contribution in [3.05, 3.63) is 94.0 Å². The Bertz CT molecular complexity index is 1220. The van der Waals surface area contributed by atoms with Crippen LogP contribution >= 0.6 is 23.2 Å². The van der Waals surface area contributed by atoms with Crippen molar-refractivity contribution in [3.63, 3.8) is 0 Å². The minimum Gasteiger partial charge on any atom is -0.497 e. The molecule has 1 aliphatic rings. The van der Waals surface area contributed by atoms with Crippen molar-refractivity contribution in [3.8, 4) is 5.75 Å². The summed E-state index contributed by atoms with van der Waals surface area (Å²) in [5.41, 5.74) is 3.11. The maximum atomic E-state index is 12.8. The minimum absolute atomic E-state index is 0.0262. The first kappa shape index (κ1) is 24.6. The first-order chi connectivity index (χ1) is 16.9. The first-order valence-corrected chi connectivity index (χ1v) is 11.9. The Hall–Kier alpha value is -3.48. The molecule has 0 aromatic heterocycles. The number of benzene rings is 3. The highest BCUT2D eigenvalue weighted by molar-refractivity contribution is 6.35. The van der Waals surface area contributed by atoms with Crippen LogP contribution in [0.2, 0.25) is 10.0 Å². The summed E-state index contributed by atoms with van der Waals surface area (Å²) in [4.78, 5) is 29.2. The molecule has 3 aromatic rings. The van der Waals surface area contributed by atoms with Crippen LogP contribution in [0.4, 0.5) is 11.4 Å². The molecule has 1 saturated heterocycles. The van der Waals surface area contributed by atoms with Gasteiger partial charge in [0.1, 0.15) is 5.75 Å². The van der Waals surface area contributed by atoms with Crippen molar-refractivity contribution in [2.24, 2.45) is 0 Å². The number of carbonyl (C=O) groups excluding carboxylic acids is 2. The maximum absolute atomic E-state index is 12.8. The zero-order valence-electron chi connectivity index (χ0n) is 19.2. The summed E-state index contributed by atoms with van der Waals surface area (Å²) < 4.78 is 5.16. The number of hydrogen-bond acceptors (Lipinski definition) is 4. The predicted octanol–water partition coefficient (Wildman–Crippen LogP) is 5.62. The average Bonchev–Trinajstić information content (AvgIpc) is 2.88. The van der Waals surface area contributed by atoms with Crippen LogP contribution in [0, 0.1) is 0 Å².